The third kappa shape index (κ3) is 6.26. The molecule has 0 spiro atoms. The van der Waals surface area contributed by atoms with Crippen molar-refractivity contribution in [3.63, 3.8) is 0 Å². The zero-order valence-electron chi connectivity index (χ0n) is 22.8. The van der Waals surface area contributed by atoms with Crippen LogP contribution in [-0.2, 0) is 0 Å². The maximum atomic E-state index is 14.2. The molecule has 0 unspecified atom stereocenters. The maximum absolute atomic E-state index is 14.2. The highest BCUT2D eigenvalue weighted by Crippen LogP contribution is 2.35. The average molecular weight is 565 g/mol. The van der Waals surface area contributed by atoms with Crippen LogP contribution in [0.3, 0.4) is 0 Å². The van der Waals surface area contributed by atoms with E-state index < -0.39 is 6.09 Å². The molecule has 1 saturated heterocycles. The largest absolute Gasteiger partial charge is 0.465 e. The first-order chi connectivity index (χ1) is 19.4. The van der Waals surface area contributed by atoms with Gasteiger partial charge in [0, 0.05) is 48.5 Å². The lowest BCUT2D eigenvalue weighted by molar-refractivity contribution is 0.0624. The molecule has 2 heterocycles. The van der Waals surface area contributed by atoms with Crippen LogP contribution in [0.1, 0.15) is 54.2 Å². The van der Waals surface area contributed by atoms with E-state index in [4.69, 9.17) is 11.6 Å². The molecule has 3 aromatic rings. The van der Waals surface area contributed by atoms with Gasteiger partial charge in [-0.3, -0.25) is 4.79 Å². The lowest BCUT2D eigenvalue weighted by atomic mass is 9.89. The van der Waals surface area contributed by atoms with Crippen molar-refractivity contribution in [2.45, 2.75) is 57.2 Å². The number of amides is 2. The summed E-state index contributed by atoms with van der Waals surface area (Å²) in [6, 6.07) is 15.3. The molecule has 2 aliphatic rings. The standard InChI is InChI=1S/C30H37ClN6O3/c1-20-11-12-22(31)17-25(20)33-14-13-23-18-32-15-16-36(23)29(38)27-28(21-7-3-2-4-8-21)37(19-34-27)26-10-6-5-9-24(26)35-30(39)40/h2-4,7-8,11-12,17,19,23-24,26,32-33,35H,5-6,9-10,13-16,18H2,1H3,(H,39,40)/t23-,24+,26+/m1/s1. The van der Waals surface area contributed by atoms with Crippen LogP contribution in [0, 0.1) is 6.92 Å². The van der Waals surface area contributed by atoms with Crippen LogP contribution in [0.25, 0.3) is 11.3 Å². The summed E-state index contributed by atoms with van der Waals surface area (Å²) in [6.45, 7) is 4.75. The number of benzene rings is 2. The zero-order chi connectivity index (χ0) is 28.1. The van der Waals surface area contributed by atoms with Crippen molar-refractivity contribution in [3.8, 4) is 11.3 Å². The fourth-order valence-electron chi connectivity index (χ4n) is 6.00. The lowest BCUT2D eigenvalue weighted by Gasteiger charge is -2.36. The molecule has 1 saturated carbocycles. The van der Waals surface area contributed by atoms with Gasteiger partial charge >= 0.3 is 6.09 Å². The van der Waals surface area contributed by atoms with E-state index in [1.54, 1.807) is 6.33 Å². The van der Waals surface area contributed by atoms with Gasteiger partial charge in [0.25, 0.3) is 5.91 Å². The van der Waals surface area contributed by atoms with E-state index in [2.05, 4.69) is 20.9 Å². The van der Waals surface area contributed by atoms with E-state index in [9.17, 15) is 14.7 Å². The monoisotopic (exact) mass is 564 g/mol. The van der Waals surface area contributed by atoms with Gasteiger partial charge in [0.15, 0.2) is 5.69 Å². The molecule has 10 heteroatoms. The van der Waals surface area contributed by atoms with Gasteiger partial charge in [-0.05, 0) is 43.9 Å². The number of nitrogens with zero attached hydrogens (tertiary/aromatic N) is 3. The highest BCUT2D eigenvalue weighted by Gasteiger charge is 2.35. The second kappa shape index (κ2) is 12.7. The number of hydrogen-bond donors (Lipinski definition) is 4. The summed E-state index contributed by atoms with van der Waals surface area (Å²) >= 11 is 6.19. The van der Waals surface area contributed by atoms with E-state index >= 15 is 0 Å². The molecule has 0 radical (unpaired) electrons. The first kappa shape index (κ1) is 28.0. The molecule has 212 valence electrons. The number of carbonyl (C=O) groups is 2. The average Bonchev–Trinajstić information content (AvgIpc) is 3.40. The highest BCUT2D eigenvalue weighted by molar-refractivity contribution is 6.30. The normalized spacial score (nSPS) is 21.1. The Hall–Kier alpha value is -3.56. The highest BCUT2D eigenvalue weighted by atomic mass is 35.5. The molecule has 1 aliphatic carbocycles. The second-order valence-electron chi connectivity index (χ2n) is 10.7. The number of hydrogen-bond acceptors (Lipinski definition) is 5. The van der Waals surface area contributed by atoms with Crippen LogP contribution in [0.5, 0.6) is 0 Å². The number of nitrogens with one attached hydrogen (secondary N) is 3. The van der Waals surface area contributed by atoms with E-state index in [1.165, 1.54) is 0 Å². The molecule has 1 aromatic heterocycles. The third-order valence-electron chi connectivity index (χ3n) is 8.04. The number of rotatable bonds is 8. The quantitative estimate of drug-likeness (QED) is 0.300. The Labute approximate surface area is 239 Å². The number of carbonyl (C=O) groups excluding carboxylic acids is 1. The van der Waals surface area contributed by atoms with Crippen molar-refractivity contribution in [3.05, 3.63) is 71.1 Å². The van der Waals surface area contributed by atoms with Gasteiger partial charge in [-0.1, -0.05) is 60.8 Å². The van der Waals surface area contributed by atoms with E-state index in [0.29, 0.717) is 30.4 Å². The molecular weight excluding hydrogens is 528 g/mol. The SMILES string of the molecule is Cc1ccc(Cl)cc1NCC[C@@H]1CNCCN1C(=O)c1ncn([C@H]2CCCC[C@@H]2NC(=O)O)c1-c1ccccc1. The van der Waals surface area contributed by atoms with E-state index in [0.717, 1.165) is 61.2 Å². The Bertz CT molecular complexity index is 1330. The predicted octanol–water partition coefficient (Wildman–Crippen LogP) is 5.18. The summed E-state index contributed by atoms with van der Waals surface area (Å²) in [5.74, 6) is -0.0957. The molecular formula is C30H37ClN6O3. The zero-order valence-corrected chi connectivity index (χ0v) is 23.5. The Morgan fingerprint density at radius 1 is 1.15 bits per heavy atom. The summed E-state index contributed by atoms with van der Waals surface area (Å²) in [7, 11) is 0. The Morgan fingerprint density at radius 2 is 1.95 bits per heavy atom. The van der Waals surface area contributed by atoms with Gasteiger partial charge < -0.3 is 30.5 Å². The first-order valence-corrected chi connectivity index (χ1v) is 14.4. The smallest absolute Gasteiger partial charge is 0.404 e. The molecule has 1 aliphatic heterocycles. The van der Waals surface area contributed by atoms with Crippen LogP contribution < -0.4 is 16.0 Å². The Balaban J connectivity index is 1.41. The molecule has 9 nitrogen and oxygen atoms in total. The van der Waals surface area contributed by atoms with Crippen molar-refractivity contribution < 1.29 is 14.7 Å². The molecule has 2 amide bonds. The van der Waals surface area contributed by atoms with Gasteiger partial charge in [0.1, 0.15) is 0 Å². The number of anilines is 1. The van der Waals surface area contributed by atoms with Crippen LogP contribution in [0.4, 0.5) is 10.5 Å². The second-order valence-corrected chi connectivity index (χ2v) is 11.1. The van der Waals surface area contributed by atoms with E-state index in [1.807, 2.05) is 64.9 Å². The maximum Gasteiger partial charge on any atom is 0.404 e. The fourth-order valence-corrected chi connectivity index (χ4v) is 6.17. The molecule has 3 atom stereocenters. The van der Waals surface area contributed by atoms with Crippen LogP contribution >= 0.6 is 11.6 Å². The summed E-state index contributed by atoms with van der Waals surface area (Å²) in [5.41, 5.74) is 4.18. The summed E-state index contributed by atoms with van der Waals surface area (Å²) in [4.78, 5) is 32.3. The topological polar surface area (TPSA) is 112 Å². The Morgan fingerprint density at radius 3 is 2.75 bits per heavy atom. The number of piperazine rings is 1. The first-order valence-electron chi connectivity index (χ1n) is 14.1. The number of carboxylic acid groups (broad SMARTS) is 1. The molecule has 40 heavy (non-hydrogen) atoms. The van der Waals surface area contributed by atoms with Crippen molar-refractivity contribution in [2.24, 2.45) is 0 Å². The van der Waals surface area contributed by atoms with Gasteiger partial charge in [-0.25, -0.2) is 9.78 Å². The number of halogens is 1. The van der Waals surface area contributed by atoms with E-state index in [-0.39, 0.29) is 24.0 Å². The fraction of sp³-hybridized carbons (Fsp3) is 0.433. The van der Waals surface area contributed by atoms with Gasteiger partial charge in [0.2, 0.25) is 0 Å². The lowest BCUT2D eigenvalue weighted by Crippen LogP contribution is -2.54. The molecule has 5 rings (SSSR count). The van der Waals surface area contributed by atoms with Crippen LogP contribution in [-0.4, -0.2) is 69.8 Å². The van der Waals surface area contributed by atoms with Gasteiger partial charge in [-0.2, -0.15) is 0 Å². The molecule has 2 fully saturated rings. The minimum Gasteiger partial charge on any atom is -0.465 e. The molecule has 4 N–H and O–H groups in total. The van der Waals surface area contributed by atoms with Crippen molar-refractivity contribution in [1.29, 1.82) is 0 Å². The number of aromatic nitrogens is 2. The summed E-state index contributed by atoms with van der Waals surface area (Å²) < 4.78 is 2.03. The minimum absolute atomic E-state index is 0.00174. The van der Waals surface area contributed by atoms with Crippen LogP contribution in [0.2, 0.25) is 5.02 Å². The third-order valence-corrected chi connectivity index (χ3v) is 8.28. The molecule has 2 aromatic carbocycles. The van der Waals surface area contributed by atoms with Gasteiger partial charge in [-0.15, -0.1) is 0 Å². The minimum atomic E-state index is -1.03. The van der Waals surface area contributed by atoms with Crippen molar-refractivity contribution >= 4 is 29.3 Å². The predicted molar refractivity (Wildman–Crippen MR) is 157 cm³/mol. The number of aryl methyl sites for hydroxylation is 1. The van der Waals surface area contributed by atoms with Crippen molar-refractivity contribution in [2.75, 3.05) is 31.5 Å². The molecule has 0 bridgehead atoms. The van der Waals surface area contributed by atoms with Crippen molar-refractivity contribution in [1.82, 2.24) is 25.1 Å². The summed E-state index contributed by atoms with van der Waals surface area (Å²) in [5, 5.41) is 19.8. The summed E-state index contributed by atoms with van der Waals surface area (Å²) in [6.07, 6.45) is 5.00. The number of imidazole rings is 1. The Kier molecular flexibility index (Phi) is 8.91. The van der Waals surface area contributed by atoms with Crippen LogP contribution in [0.15, 0.2) is 54.9 Å². The van der Waals surface area contributed by atoms with Gasteiger partial charge in [0.05, 0.1) is 24.1 Å².